The number of hydrogen-bond donors (Lipinski definition) is 0. The van der Waals surface area contributed by atoms with Crippen molar-refractivity contribution in [2.24, 2.45) is 0 Å². The van der Waals surface area contributed by atoms with Crippen LogP contribution < -0.4 is 0 Å². The van der Waals surface area contributed by atoms with Crippen LogP contribution in [-0.2, 0) is 14.9 Å². The number of pyridine rings is 1. The number of nitrogens with zero attached hydrogens (tertiary/aromatic N) is 2. The molecule has 0 aromatic carbocycles. The van der Waals surface area contributed by atoms with E-state index in [1.807, 2.05) is 0 Å². The van der Waals surface area contributed by atoms with Gasteiger partial charge in [-0.05, 0) is 13.3 Å². The van der Waals surface area contributed by atoms with Gasteiger partial charge in [-0.1, -0.05) is 6.92 Å². The predicted molar refractivity (Wildman–Crippen MR) is 58.3 cm³/mol. The summed E-state index contributed by atoms with van der Waals surface area (Å²) in [5, 5.41) is 9.11. The minimum absolute atomic E-state index is 0.165. The quantitative estimate of drug-likeness (QED) is 0.485. The number of halogens is 4. The number of carbonyl (C=O) groups excluding carboxylic acids is 1. The Labute approximate surface area is 112 Å². The zero-order valence-corrected chi connectivity index (χ0v) is 10.6. The summed E-state index contributed by atoms with van der Waals surface area (Å²) < 4.78 is 58.2. The Morgan fingerprint density at radius 3 is 2.10 bits per heavy atom. The third-order valence-corrected chi connectivity index (χ3v) is 2.77. The summed E-state index contributed by atoms with van der Waals surface area (Å²) in [7, 11) is 0. The van der Waals surface area contributed by atoms with Crippen LogP contribution in [0.5, 0.6) is 0 Å². The molecule has 0 amide bonds. The monoisotopic (exact) mass is 290 g/mol. The standard InChI is InChI=1S/C12H10F4N2O2/c1-3-12(5-17,11(19)20-4-2)6-7(13)9(15)18-10(16)8(6)14/h3-4H2,1-2H3. The van der Waals surface area contributed by atoms with Crippen LogP contribution in [0, 0.1) is 34.9 Å². The van der Waals surface area contributed by atoms with Crippen molar-refractivity contribution in [2.75, 3.05) is 6.61 Å². The molecular formula is C12H10F4N2O2. The number of carbonyl (C=O) groups is 1. The highest BCUT2D eigenvalue weighted by Gasteiger charge is 2.47. The second-order valence-corrected chi connectivity index (χ2v) is 3.79. The fourth-order valence-electron chi connectivity index (χ4n) is 1.72. The van der Waals surface area contributed by atoms with Gasteiger partial charge in [-0.25, -0.2) is 13.6 Å². The van der Waals surface area contributed by atoms with Crippen LogP contribution in [0.25, 0.3) is 0 Å². The predicted octanol–water partition coefficient (Wildman–Crippen LogP) is 2.37. The van der Waals surface area contributed by atoms with Crippen molar-refractivity contribution in [1.82, 2.24) is 4.98 Å². The molecule has 8 heteroatoms. The average Bonchev–Trinajstić information content (AvgIpc) is 2.42. The third kappa shape index (κ3) is 2.31. The van der Waals surface area contributed by atoms with Gasteiger partial charge in [0.2, 0.25) is 0 Å². The largest absolute Gasteiger partial charge is 0.465 e. The lowest BCUT2D eigenvalue weighted by atomic mass is 9.79. The summed E-state index contributed by atoms with van der Waals surface area (Å²) in [5.41, 5.74) is -3.81. The molecule has 1 aromatic rings. The number of hydrogen-bond acceptors (Lipinski definition) is 4. The first-order chi connectivity index (χ1) is 9.35. The molecule has 0 spiro atoms. The molecule has 20 heavy (non-hydrogen) atoms. The van der Waals surface area contributed by atoms with Gasteiger partial charge in [-0.3, -0.25) is 0 Å². The lowest BCUT2D eigenvalue weighted by molar-refractivity contribution is -0.148. The molecule has 0 aliphatic heterocycles. The fourth-order valence-corrected chi connectivity index (χ4v) is 1.72. The van der Waals surface area contributed by atoms with Gasteiger partial charge < -0.3 is 4.74 Å². The molecule has 0 saturated heterocycles. The van der Waals surface area contributed by atoms with Gasteiger partial charge in [0.05, 0.1) is 18.2 Å². The van der Waals surface area contributed by atoms with E-state index in [2.05, 4.69) is 9.72 Å². The molecule has 0 bridgehead atoms. The molecule has 1 atom stereocenters. The van der Waals surface area contributed by atoms with Crippen LogP contribution in [0.15, 0.2) is 0 Å². The topological polar surface area (TPSA) is 63.0 Å². The zero-order valence-electron chi connectivity index (χ0n) is 10.6. The van der Waals surface area contributed by atoms with E-state index in [1.54, 1.807) is 0 Å². The van der Waals surface area contributed by atoms with E-state index in [0.29, 0.717) is 0 Å². The van der Waals surface area contributed by atoms with Gasteiger partial charge in [0.1, 0.15) is 0 Å². The van der Waals surface area contributed by atoms with E-state index in [-0.39, 0.29) is 6.61 Å². The van der Waals surface area contributed by atoms with E-state index >= 15 is 0 Å². The molecule has 0 N–H and O–H groups in total. The van der Waals surface area contributed by atoms with E-state index < -0.39 is 46.9 Å². The molecular weight excluding hydrogens is 280 g/mol. The summed E-state index contributed by atoms with van der Waals surface area (Å²) in [5.74, 6) is -8.93. The summed E-state index contributed by atoms with van der Waals surface area (Å²) in [6.07, 6.45) is -0.431. The molecule has 1 heterocycles. The minimum atomic E-state index is -2.48. The van der Waals surface area contributed by atoms with Gasteiger partial charge in [0, 0.05) is 0 Å². The highest BCUT2D eigenvalue weighted by Crippen LogP contribution is 2.34. The first-order valence-corrected chi connectivity index (χ1v) is 5.64. The first-order valence-electron chi connectivity index (χ1n) is 5.64. The smallest absolute Gasteiger partial charge is 0.331 e. The van der Waals surface area contributed by atoms with Gasteiger partial charge in [0.15, 0.2) is 17.0 Å². The van der Waals surface area contributed by atoms with Crippen molar-refractivity contribution in [3.8, 4) is 6.07 Å². The van der Waals surface area contributed by atoms with Crippen LogP contribution in [-0.4, -0.2) is 17.6 Å². The maximum atomic E-state index is 13.7. The van der Waals surface area contributed by atoms with Crippen molar-refractivity contribution < 1.29 is 27.1 Å². The summed E-state index contributed by atoms with van der Waals surface area (Å²) in [6.45, 7) is 2.51. The normalized spacial score (nSPS) is 13.4. The summed E-state index contributed by atoms with van der Waals surface area (Å²) >= 11 is 0. The summed E-state index contributed by atoms with van der Waals surface area (Å²) in [6, 6.07) is 1.39. The van der Waals surface area contributed by atoms with Crippen LogP contribution in [0.3, 0.4) is 0 Å². The summed E-state index contributed by atoms with van der Waals surface area (Å²) in [4.78, 5) is 14.2. The minimum Gasteiger partial charge on any atom is -0.465 e. The van der Waals surface area contributed by atoms with Gasteiger partial charge >= 0.3 is 5.97 Å². The van der Waals surface area contributed by atoms with Crippen LogP contribution in [0.2, 0.25) is 0 Å². The van der Waals surface area contributed by atoms with E-state index in [4.69, 9.17) is 5.26 Å². The number of nitriles is 1. The maximum absolute atomic E-state index is 13.7. The van der Waals surface area contributed by atoms with E-state index in [1.165, 1.54) is 19.9 Å². The Kier molecular flexibility index (Phi) is 4.65. The highest BCUT2D eigenvalue weighted by molar-refractivity contribution is 5.86. The third-order valence-electron chi connectivity index (χ3n) is 2.77. The molecule has 1 aromatic heterocycles. The van der Waals surface area contributed by atoms with Crippen molar-refractivity contribution in [3.63, 3.8) is 0 Å². The van der Waals surface area contributed by atoms with Crippen molar-refractivity contribution in [2.45, 2.75) is 25.7 Å². The molecule has 1 rings (SSSR count). The van der Waals surface area contributed by atoms with E-state index in [0.717, 1.165) is 0 Å². The lowest BCUT2D eigenvalue weighted by Crippen LogP contribution is -2.38. The Morgan fingerprint density at radius 2 is 1.75 bits per heavy atom. The fraction of sp³-hybridized carbons (Fsp3) is 0.417. The molecule has 0 aliphatic carbocycles. The number of aromatic nitrogens is 1. The Bertz CT molecular complexity index is 560. The highest BCUT2D eigenvalue weighted by atomic mass is 19.2. The lowest BCUT2D eigenvalue weighted by Gasteiger charge is -2.24. The Hall–Kier alpha value is -2.17. The number of rotatable bonds is 4. The van der Waals surface area contributed by atoms with E-state index in [9.17, 15) is 22.4 Å². The SMILES string of the molecule is CCOC(=O)C(C#N)(CC)c1c(F)c(F)nc(F)c1F. The molecule has 0 saturated carbocycles. The zero-order chi connectivity index (χ0) is 15.5. The number of esters is 1. The maximum Gasteiger partial charge on any atom is 0.331 e. The molecule has 108 valence electrons. The van der Waals surface area contributed by atoms with Crippen molar-refractivity contribution in [3.05, 3.63) is 29.1 Å². The second-order valence-electron chi connectivity index (χ2n) is 3.79. The van der Waals surface area contributed by atoms with Crippen molar-refractivity contribution >= 4 is 5.97 Å². The molecule has 0 radical (unpaired) electrons. The molecule has 4 nitrogen and oxygen atoms in total. The Balaban J connectivity index is 3.68. The van der Waals surface area contributed by atoms with Crippen molar-refractivity contribution in [1.29, 1.82) is 5.26 Å². The van der Waals surface area contributed by atoms with Crippen LogP contribution in [0.1, 0.15) is 25.8 Å². The van der Waals surface area contributed by atoms with Gasteiger partial charge in [-0.2, -0.15) is 19.0 Å². The van der Waals surface area contributed by atoms with Crippen LogP contribution >= 0.6 is 0 Å². The molecule has 1 unspecified atom stereocenters. The Morgan fingerprint density at radius 1 is 1.25 bits per heavy atom. The molecule has 0 fully saturated rings. The average molecular weight is 290 g/mol. The second kappa shape index (κ2) is 5.86. The first kappa shape index (κ1) is 15.9. The van der Waals surface area contributed by atoms with Gasteiger partial charge in [0.25, 0.3) is 11.9 Å². The number of ether oxygens (including phenoxy) is 1. The van der Waals surface area contributed by atoms with Crippen LogP contribution in [0.4, 0.5) is 17.6 Å². The van der Waals surface area contributed by atoms with Gasteiger partial charge in [-0.15, -0.1) is 0 Å². The molecule has 0 aliphatic rings.